The third-order valence-corrected chi connectivity index (χ3v) is 3.64. The van der Waals surface area contributed by atoms with Crippen molar-refractivity contribution < 1.29 is 4.79 Å². The molecular formula is C10H16ClN3OS. The molecular weight excluding hydrogens is 246 g/mol. The fourth-order valence-electron chi connectivity index (χ4n) is 1.86. The maximum Gasteiger partial charge on any atom is 0.251 e. The number of carbonyl (C=O) groups excluding carboxylic acids is 1. The number of amides is 1. The van der Waals surface area contributed by atoms with Crippen LogP contribution >= 0.6 is 23.7 Å². The van der Waals surface area contributed by atoms with Gasteiger partial charge >= 0.3 is 0 Å². The highest BCUT2D eigenvalue weighted by Crippen LogP contribution is 2.24. The van der Waals surface area contributed by atoms with Crippen molar-refractivity contribution in [3.63, 3.8) is 0 Å². The van der Waals surface area contributed by atoms with E-state index < -0.39 is 0 Å². The van der Waals surface area contributed by atoms with E-state index in [-0.39, 0.29) is 30.3 Å². The highest BCUT2D eigenvalue weighted by molar-refractivity contribution is 7.07. The number of hydrogen-bond donors (Lipinski definition) is 1. The molecule has 0 spiro atoms. The molecule has 2 N–H and O–H groups in total. The maximum atomic E-state index is 11.8. The molecule has 1 aromatic heterocycles. The minimum atomic E-state index is -0.0130. The summed E-state index contributed by atoms with van der Waals surface area (Å²) in [7, 11) is 1.89. The van der Waals surface area contributed by atoms with Crippen LogP contribution in [0.5, 0.6) is 0 Å². The zero-order valence-electron chi connectivity index (χ0n) is 9.13. The summed E-state index contributed by atoms with van der Waals surface area (Å²) in [6.07, 6.45) is 4.52. The maximum absolute atomic E-state index is 11.8. The molecule has 2 unspecified atom stereocenters. The van der Waals surface area contributed by atoms with Crippen molar-refractivity contribution in [2.45, 2.75) is 25.3 Å². The van der Waals surface area contributed by atoms with Gasteiger partial charge in [0.1, 0.15) is 0 Å². The van der Waals surface area contributed by atoms with Gasteiger partial charge in [-0.15, -0.1) is 23.7 Å². The molecule has 2 atom stereocenters. The van der Waals surface area contributed by atoms with Crippen LogP contribution in [0.25, 0.3) is 0 Å². The van der Waals surface area contributed by atoms with Gasteiger partial charge in [0.05, 0.1) is 0 Å². The zero-order valence-corrected chi connectivity index (χ0v) is 10.8. The van der Waals surface area contributed by atoms with Gasteiger partial charge in [-0.3, -0.25) is 4.79 Å². The Morgan fingerprint density at radius 1 is 1.62 bits per heavy atom. The molecule has 0 aromatic carbocycles. The number of carbonyl (C=O) groups is 1. The molecule has 1 saturated carbocycles. The number of halogens is 1. The van der Waals surface area contributed by atoms with Crippen molar-refractivity contribution in [2.24, 2.45) is 23.7 Å². The molecule has 16 heavy (non-hydrogen) atoms. The minimum absolute atomic E-state index is 0. The molecule has 1 amide bonds. The van der Waals surface area contributed by atoms with Crippen LogP contribution in [-0.2, 0) is 11.8 Å². The Hall–Kier alpha value is -0.650. The Balaban J connectivity index is 0.00000128. The molecule has 1 fully saturated rings. The molecule has 1 aliphatic rings. The predicted molar refractivity (Wildman–Crippen MR) is 66.4 cm³/mol. The Kier molecular flexibility index (Phi) is 4.70. The molecule has 6 heteroatoms. The first kappa shape index (κ1) is 13.4. The van der Waals surface area contributed by atoms with E-state index >= 15 is 0 Å². The lowest BCUT2D eigenvalue weighted by atomic mass is 10.1. The first-order valence-corrected chi connectivity index (χ1v) is 5.99. The number of hydrogen-bond acceptors (Lipinski definition) is 3. The van der Waals surface area contributed by atoms with E-state index in [0.717, 1.165) is 24.1 Å². The van der Waals surface area contributed by atoms with Crippen molar-refractivity contribution in [1.82, 2.24) is 4.57 Å². The van der Waals surface area contributed by atoms with Crippen LogP contribution in [0.3, 0.4) is 0 Å². The number of aryl methyl sites for hydroxylation is 1. The largest absolute Gasteiger partial charge is 0.328 e. The molecule has 1 aromatic rings. The molecule has 4 nitrogen and oxygen atoms in total. The summed E-state index contributed by atoms with van der Waals surface area (Å²) in [5.41, 5.74) is 5.77. The van der Waals surface area contributed by atoms with Gasteiger partial charge in [-0.05, 0) is 19.3 Å². The van der Waals surface area contributed by atoms with E-state index in [9.17, 15) is 4.79 Å². The number of nitrogens with two attached hydrogens (primary N) is 1. The van der Waals surface area contributed by atoms with Crippen molar-refractivity contribution in [3.05, 3.63) is 16.4 Å². The lowest BCUT2D eigenvalue weighted by Crippen LogP contribution is -2.19. The van der Waals surface area contributed by atoms with Gasteiger partial charge < -0.3 is 10.3 Å². The van der Waals surface area contributed by atoms with Gasteiger partial charge in [-0.25, -0.2) is 0 Å². The Morgan fingerprint density at radius 3 is 2.88 bits per heavy atom. The Morgan fingerprint density at radius 2 is 2.38 bits per heavy atom. The van der Waals surface area contributed by atoms with E-state index in [2.05, 4.69) is 4.99 Å². The second-order valence-electron chi connectivity index (χ2n) is 4.02. The number of nitrogens with zero attached hydrogens (tertiary/aromatic N) is 2. The van der Waals surface area contributed by atoms with Gasteiger partial charge in [-0.1, -0.05) is 0 Å². The van der Waals surface area contributed by atoms with Crippen LogP contribution < -0.4 is 10.5 Å². The van der Waals surface area contributed by atoms with Gasteiger partial charge in [0.15, 0.2) is 4.80 Å². The van der Waals surface area contributed by atoms with Crippen LogP contribution in [0.2, 0.25) is 0 Å². The summed E-state index contributed by atoms with van der Waals surface area (Å²) >= 11 is 1.48. The zero-order chi connectivity index (χ0) is 10.8. The molecule has 1 aliphatic carbocycles. The van der Waals surface area contributed by atoms with E-state index in [1.54, 1.807) is 0 Å². The average molecular weight is 262 g/mol. The van der Waals surface area contributed by atoms with E-state index in [1.165, 1.54) is 11.3 Å². The van der Waals surface area contributed by atoms with Crippen LogP contribution in [0.4, 0.5) is 0 Å². The topological polar surface area (TPSA) is 60.4 Å². The predicted octanol–water partition coefficient (Wildman–Crippen LogP) is 1.06. The van der Waals surface area contributed by atoms with Gasteiger partial charge in [0, 0.05) is 30.6 Å². The standard InChI is InChI=1S/C10H15N3OS.ClH/c1-13-4-5-15-10(13)12-9(14)7-2-3-8(11)6-7;/h4-5,7-8H,2-3,6,11H2,1H3;1H. The fourth-order valence-corrected chi connectivity index (χ4v) is 2.60. The van der Waals surface area contributed by atoms with Crippen molar-refractivity contribution in [2.75, 3.05) is 0 Å². The van der Waals surface area contributed by atoms with E-state index in [0.29, 0.717) is 0 Å². The van der Waals surface area contributed by atoms with E-state index in [1.807, 2.05) is 23.2 Å². The molecule has 0 bridgehead atoms. The quantitative estimate of drug-likeness (QED) is 0.822. The summed E-state index contributed by atoms with van der Waals surface area (Å²) in [6, 6.07) is 0.186. The average Bonchev–Trinajstić information content (AvgIpc) is 2.77. The Bertz CT molecular complexity index is 426. The summed E-state index contributed by atoms with van der Waals surface area (Å²) < 4.78 is 1.86. The minimum Gasteiger partial charge on any atom is -0.328 e. The summed E-state index contributed by atoms with van der Waals surface area (Å²) in [5, 5.41) is 1.92. The van der Waals surface area contributed by atoms with E-state index in [4.69, 9.17) is 5.73 Å². The van der Waals surface area contributed by atoms with Crippen molar-refractivity contribution >= 4 is 29.7 Å². The lowest BCUT2D eigenvalue weighted by Gasteiger charge is -2.02. The molecule has 2 rings (SSSR count). The highest BCUT2D eigenvalue weighted by Gasteiger charge is 2.27. The molecule has 0 aliphatic heterocycles. The summed E-state index contributed by atoms with van der Waals surface area (Å²) in [6.45, 7) is 0. The van der Waals surface area contributed by atoms with Crippen molar-refractivity contribution in [1.29, 1.82) is 0 Å². The van der Waals surface area contributed by atoms with Crippen molar-refractivity contribution in [3.8, 4) is 0 Å². The monoisotopic (exact) mass is 261 g/mol. The lowest BCUT2D eigenvalue weighted by molar-refractivity contribution is -0.121. The third-order valence-electron chi connectivity index (χ3n) is 2.79. The highest BCUT2D eigenvalue weighted by atomic mass is 35.5. The number of thiazole rings is 1. The Labute approximate surface area is 105 Å². The fraction of sp³-hybridized carbons (Fsp3) is 0.600. The first-order valence-electron chi connectivity index (χ1n) is 5.11. The SMILES string of the molecule is Cl.Cn1ccsc1=NC(=O)C1CCC(N)C1. The van der Waals surface area contributed by atoms with Gasteiger partial charge in [-0.2, -0.15) is 4.99 Å². The molecule has 90 valence electrons. The van der Waals surface area contributed by atoms with Gasteiger partial charge in [0.2, 0.25) is 0 Å². The summed E-state index contributed by atoms with van der Waals surface area (Å²) in [4.78, 5) is 16.7. The number of aromatic nitrogens is 1. The van der Waals surface area contributed by atoms with Crippen LogP contribution in [-0.4, -0.2) is 16.5 Å². The normalized spacial score (nSPS) is 25.5. The number of rotatable bonds is 1. The molecule has 1 heterocycles. The van der Waals surface area contributed by atoms with Crippen LogP contribution in [0, 0.1) is 5.92 Å². The molecule has 0 radical (unpaired) electrons. The van der Waals surface area contributed by atoms with Crippen LogP contribution in [0.1, 0.15) is 19.3 Å². The van der Waals surface area contributed by atoms with Gasteiger partial charge in [0.25, 0.3) is 5.91 Å². The third kappa shape index (κ3) is 2.93. The first-order chi connectivity index (χ1) is 7.16. The molecule has 0 saturated heterocycles. The smallest absolute Gasteiger partial charge is 0.251 e. The summed E-state index contributed by atoms with van der Waals surface area (Å²) in [5.74, 6) is 0.0306. The second kappa shape index (κ2) is 5.61. The second-order valence-corrected chi connectivity index (χ2v) is 4.89. The van der Waals surface area contributed by atoms with Crippen LogP contribution in [0.15, 0.2) is 16.6 Å².